The molecule has 21 heavy (non-hydrogen) atoms. The number of fused-ring (bicyclic) bond motifs is 1. The molecule has 1 aromatic carbocycles. The summed E-state index contributed by atoms with van der Waals surface area (Å²) in [6.07, 6.45) is 1.95. The van der Waals surface area contributed by atoms with Gasteiger partial charge in [0.2, 0.25) is 0 Å². The number of hydrogen-bond acceptors (Lipinski definition) is 4. The molecule has 0 radical (unpaired) electrons. The van der Waals surface area contributed by atoms with Crippen LogP contribution in [0.15, 0.2) is 29.6 Å². The maximum atomic E-state index is 12.1. The van der Waals surface area contributed by atoms with Crippen molar-refractivity contribution in [3.8, 4) is 0 Å². The van der Waals surface area contributed by atoms with E-state index in [4.69, 9.17) is 4.74 Å². The third kappa shape index (κ3) is 3.22. The second-order valence-electron chi connectivity index (χ2n) is 4.97. The molecule has 110 valence electrons. The standard InChI is InChI=1S/C15H17N3O2S/c1-20-8-11-9-21-15(16-11)18-14(19)17-13-7-6-10-4-2-3-5-12(10)13/h2-5,9,13H,6-8H2,1H3,(H2,16,17,18,19)/t13-/m1/s1. The monoisotopic (exact) mass is 303 g/mol. The van der Waals surface area contributed by atoms with E-state index in [9.17, 15) is 4.79 Å². The van der Waals surface area contributed by atoms with E-state index in [0.29, 0.717) is 11.7 Å². The summed E-state index contributed by atoms with van der Waals surface area (Å²) in [6, 6.07) is 8.11. The molecular formula is C15H17N3O2S. The van der Waals surface area contributed by atoms with Crippen LogP contribution < -0.4 is 10.6 Å². The van der Waals surface area contributed by atoms with Crippen molar-refractivity contribution in [3.63, 3.8) is 0 Å². The quantitative estimate of drug-likeness (QED) is 0.912. The van der Waals surface area contributed by atoms with Crippen LogP contribution in [-0.4, -0.2) is 18.1 Å². The Morgan fingerprint density at radius 3 is 3.19 bits per heavy atom. The van der Waals surface area contributed by atoms with Crippen LogP contribution in [0.1, 0.15) is 29.3 Å². The van der Waals surface area contributed by atoms with Crippen molar-refractivity contribution < 1.29 is 9.53 Å². The first kappa shape index (κ1) is 14.0. The molecule has 0 saturated carbocycles. The van der Waals surface area contributed by atoms with E-state index in [1.807, 2.05) is 17.5 Å². The van der Waals surface area contributed by atoms with Crippen LogP contribution in [0.3, 0.4) is 0 Å². The summed E-state index contributed by atoms with van der Waals surface area (Å²) >= 11 is 1.40. The molecule has 1 atom stereocenters. The zero-order valence-electron chi connectivity index (χ0n) is 11.8. The first-order valence-electron chi connectivity index (χ1n) is 6.85. The van der Waals surface area contributed by atoms with Crippen molar-refractivity contribution in [2.24, 2.45) is 0 Å². The van der Waals surface area contributed by atoms with Gasteiger partial charge in [0.1, 0.15) is 0 Å². The van der Waals surface area contributed by atoms with Crippen LogP contribution in [0.2, 0.25) is 0 Å². The van der Waals surface area contributed by atoms with Crippen molar-refractivity contribution in [3.05, 3.63) is 46.5 Å². The molecule has 5 nitrogen and oxygen atoms in total. The van der Waals surface area contributed by atoms with Crippen LogP contribution in [-0.2, 0) is 17.8 Å². The van der Waals surface area contributed by atoms with Gasteiger partial charge >= 0.3 is 6.03 Å². The fourth-order valence-electron chi connectivity index (χ4n) is 2.58. The van der Waals surface area contributed by atoms with Crippen LogP contribution in [0.5, 0.6) is 0 Å². The zero-order valence-corrected chi connectivity index (χ0v) is 12.6. The summed E-state index contributed by atoms with van der Waals surface area (Å²) in [5.41, 5.74) is 3.36. The number of hydrogen-bond donors (Lipinski definition) is 2. The predicted molar refractivity (Wildman–Crippen MR) is 82.5 cm³/mol. The minimum absolute atomic E-state index is 0.0830. The number of nitrogens with zero attached hydrogens (tertiary/aromatic N) is 1. The number of benzene rings is 1. The Morgan fingerprint density at radius 2 is 2.33 bits per heavy atom. The average molecular weight is 303 g/mol. The minimum Gasteiger partial charge on any atom is -0.378 e. The van der Waals surface area contributed by atoms with Crippen molar-refractivity contribution in [1.82, 2.24) is 10.3 Å². The number of aryl methyl sites for hydroxylation is 1. The first-order valence-corrected chi connectivity index (χ1v) is 7.73. The number of urea groups is 1. The number of methoxy groups -OCH3 is 1. The number of carbonyl (C=O) groups excluding carboxylic acids is 1. The molecule has 2 amide bonds. The Bertz CT molecular complexity index is 641. The smallest absolute Gasteiger partial charge is 0.321 e. The van der Waals surface area contributed by atoms with Gasteiger partial charge in [-0.15, -0.1) is 11.3 Å². The Labute approximate surface area is 127 Å². The van der Waals surface area contributed by atoms with E-state index in [1.165, 1.54) is 22.5 Å². The lowest BCUT2D eigenvalue weighted by molar-refractivity contribution is 0.182. The van der Waals surface area contributed by atoms with E-state index >= 15 is 0 Å². The van der Waals surface area contributed by atoms with Gasteiger partial charge in [0.25, 0.3) is 0 Å². The van der Waals surface area contributed by atoms with E-state index in [2.05, 4.69) is 27.8 Å². The fourth-order valence-corrected chi connectivity index (χ4v) is 3.27. The Hall–Kier alpha value is -1.92. The molecule has 2 aromatic rings. The molecule has 1 aliphatic rings. The van der Waals surface area contributed by atoms with Gasteiger partial charge in [0, 0.05) is 12.5 Å². The molecule has 0 aliphatic heterocycles. The molecule has 0 unspecified atom stereocenters. The highest BCUT2D eigenvalue weighted by Gasteiger charge is 2.23. The number of aromatic nitrogens is 1. The molecule has 3 rings (SSSR count). The molecule has 1 aliphatic carbocycles. The summed E-state index contributed by atoms with van der Waals surface area (Å²) in [6.45, 7) is 0.454. The second-order valence-corrected chi connectivity index (χ2v) is 5.82. The van der Waals surface area contributed by atoms with Crippen LogP contribution in [0, 0.1) is 0 Å². The number of ether oxygens (including phenoxy) is 1. The largest absolute Gasteiger partial charge is 0.378 e. The molecule has 0 spiro atoms. The molecule has 1 heterocycles. The minimum atomic E-state index is -0.213. The lowest BCUT2D eigenvalue weighted by Gasteiger charge is -2.13. The third-order valence-electron chi connectivity index (χ3n) is 3.50. The van der Waals surface area contributed by atoms with Gasteiger partial charge in [0.15, 0.2) is 5.13 Å². The molecule has 6 heteroatoms. The van der Waals surface area contributed by atoms with Crippen molar-refractivity contribution >= 4 is 22.5 Å². The van der Waals surface area contributed by atoms with Crippen LogP contribution in [0.25, 0.3) is 0 Å². The Balaban J connectivity index is 1.59. The number of carbonyl (C=O) groups is 1. The highest BCUT2D eigenvalue weighted by molar-refractivity contribution is 7.13. The normalized spacial score (nSPS) is 16.5. The Morgan fingerprint density at radius 1 is 1.48 bits per heavy atom. The van der Waals surface area contributed by atoms with Crippen molar-refractivity contribution in [1.29, 1.82) is 0 Å². The van der Waals surface area contributed by atoms with Crippen molar-refractivity contribution in [2.45, 2.75) is 25.5 Å². The number of amides is 2. The number of anilines is 1. The van der Waals surface area contributed by atoms with E-state index in [0.717, 1.165) is 18.5 Å². The topological polar surface area (TPSA) is 63.2 Å². The van der Waals surface area contributed by atoms with Crippen LogP contribution in [0.4, 0.5) is 9.93 Å². The molecule has 0 fully saturated rings. The van der Waals surface area contributed by atoms with Gasteiger partial charge in [0.05, 0.1) is 18.3 Å². The average Bonchev–Trinajstić information content (AvgIpc) is 3.07. The number of rotatable bonds is 4. The highest BCUT2D eigenvalue weighted by Crippen LogP contribution is 2.30. The van der Waals surface area contributed by atoms with Gasteiger partial charge in [-0.1, -0.05) is 24.3 Å². The summed E-state index contributed by atoms with van der Waals surface area (Å²) in [4.78, 5) is 16.3. The lowest BCUT2D eigenvalue weighted by Crippen LogP contribution is -2.31. The molecular weight excluding hydrogens is 286 g/mol. The lowest BCUT2D eigenvalue weighted by atomic mass is 10.1. The predicted octanol–water partition coefficient (Wildman–Crippen LogP) is 3.10. The van der Waals surface area contributed by atoms with Gasteiger partial charge < -0.3 is 10.1 Å². The summed E-state index contributed by atoms with van der Waals surface area (Å²) < 4.78 is 5.01. The Kier molecular flexibility index (Phi) is 4.17. The number of nitrogens with one attached hydrogen (secondary N) is 2. The highest BCUT2D eigenvalue weighted by atomic mass is 32.1. The molecule has 1 aromatic heterocycles. The van der Waals surface area contributed by atoms with Crippen LogP contribution >= 0.6 is 11.3 Å². The van der Waals surface area contributed by atoms with Gasteiger partial charge in [-0.2, -0.15) is 0 Å². The summed E-state index contributed by atoms with van der Waals surface area (Å²) in [7, 11) is 1.62. The van der Waals surface area contributed by atoms with E-state index < -0.39 is 0 Å². The maximum absolute atomic E-state index is 12.1. The van der Waals surface area contributed by atoms with Gasteiger partial charge in [-0.25, -0.2) is 9.78 Å². The first-order chi connectivity index (χ1) is 10.3. The summed E-state index contributed by atoms with van der Waals surface area (Å²) in [5, 5.41) is 8.26. The molecule has 0 saturated heterocycles. The summed E-state index contributed by atoms with van der Waals surface area (Å²) in [5.74, 6) is 0. The maximum Gasteiger partial charge on any atom is 0.321 e. The van der Waals surface area contributed by atoms with E-state index in [1.54, 1.807) is 7.11 Å². The van der Waals surface area contributed by atoms with Gasteiger partial charge in [-0.3, -0.25) is 5.32 Å². The van der Waals surface area contributed by atoms with Crippen molar-refractivity contribution in [2.75, 3.05) is 12.4 Å². The van der Waals surface area contributed by atoms with E-state index in [-0.39, 0.29) is 12.1 Å². The zero-order chi connectivity index (χ0) is 14.7. The fraction of sp³-hybridized carbons (Fsp3) is 0.333. The van der Waals surface area contributed by atoms with Gasteiger partial charge in [-0.05, 0) is 24.0 Å². The second kappa shape index (κ2) is 6.24. The number of thiazole rings is 1. The molecule has 2 N–H and O–H groups in total. The SMILES string of the molecule is COCc1csc(NC(=O)N[C@@H]2CCc3ccccc32)n1. The molecule has 0 bridgehead atoms. The third-order valence-corrected chi connectivity index (χ3v) is 4.31.